The maximum atomic E-state index is 12.4. The number of nitro groups is 1. The summed E-state index contributed by atoms with van der Waals surface area (Å²) in [7, 11) is 2.02. The van der Waals surface area contributed by atoms with Crippen LogP contribution in [0.2, 0.25) is 0 Å². The number of nitro benzene ring substituents is 1. The predicted octanol–water partition coefficient (Wildman–Crippen LogP) is 5.11. The first kappa shape index (κ1) is 22.1. The molecule has 7 nitrogen and oxygen atoms in total. The van der Waals surface area contributed by atoms with E-state index in [0.717, 1.165) is 24.9 Å². The van der Waals surface area contributed by atoms with Gasteiger partial charge in [-0.3, -0.25) is 19.7 Å². The lowest BCUT2D eigenvalue weighted by molar-refractivity contribution is -0.384. The smallest absolute Gasteiger partial charge is 0.269 e. The normalized spacial score (nSPS) is 41.2. The Morgan fingerprint density at radius 3 is 2.59 bits per heavy atom. The van der Waals surface area contributed by atoms with Gasteiger partial charge in [0, 0.05) is 31.6 Å². The fourth-order valence-electron chi connectivity index (χ4n) is 8.74. The van der Waals surface area contributed by atoms with Crippen molar-refractivity contribution in [3.63, 3.8) is 0 Å². The van der Waals surface area contributed by atoms with Crippen molar-refractivity contribution >= 4 is 17.3 Å². The van der Waals surface area contributed by atoms with Crippen molar-refractivity contribution in [1.29, 1.82) is 0 Å². The van der Waals surface area contributed by atoms with E-state index in [0.29, 0.717) is 42.7 Å². The minimum absolute atomic E-state index is 0.0822. The van der Waals surface area contributed by atoms with Crippen LogP contribution in [0.5, 0.6) is 0 Å². The van der Waals surface area contributed by atoms with E-state index < -0.39 is 0 Å². The number of likely N-dealkylation sites (tertiary alicyclic amines) is 1. The Kier molecular flexibility index (Phi) is 4.90. The predicted molar refractivity (Wildman–Crippen MR) is 129 cm³/mol. The second-order valence-electron chi connectivity index (χ2n) is 11.8. The van der Waals surface area contributed by atoms with Crippen LogP contribution in [-0.4, -0.2) is 41.5 Å². The number of hydroxylamine groups is 1. The average molecular weight is 466 g/mol. The summed E-state index contributed by atoms with van der Waals surface area (Å²) in [6.45, 7) is 5.61. The SMILES string of the molecule is CN1C(=O)CC[C@@]2(C)C1CC[C@@H]1[C@@H]2CC[C@]2(C)C3=CCN(c4ccc([N+](=O)[O-])cc4)O[C@@H]3C[C@@H]12. The quantitative estimate of drug-likeness (QED) is 0.344. The molecule has 0 bridgehead atoms. The molecule has 0 N–H and O–H groups in total. The fraction of sp³-hybridized carbons (Fsp3) is 0.667. The third-order valence-electron chi connectivity index (χ3n) is 10.5. The number of amides is 1. The molecule has 1 saturated heterocycles. The summed E-state index contributed by atoms with van der Waals surface area (Å²) in [4.78, 5) is 31.7. The number of anilines is 1. The van der Waals surface area contributed by atoms with Crippen molar-refractivity contribution in [3.8, 4) is 0 Å². The first-order valence-corrected chi connectivity index (χ1v) is 12.9. The van der Waals surface area contributed by atoms with Gasteiger partial charge in [-0.2, -0.15) is 0 Å². The molecule has 1 aromatic rings. The molecule has 0 radical (unpaired) electrons. The van der Waals surface area contributed by atoms with Crippen molar-refractivity contribution in [2.75, 3.05) is 18.7 Å². The molecule has 1 aromatic carbocycles. The molecule has 2 aliphatic heterocycles. The van der Waals surface area contributed by atoms with Gasteiger partial charge in [0.05, 0.1) is 17.2 Å². The van der Waals surface area contributed by atoms with Crippen LogP contribution < -0.4 is 5.06 Å². The Balaban J connectivity index is 1.24. The topological polar surface area (TPSA) is 75.9 Å². The van der Waals surface area contributed by atoms with Crippen LogP contribution in [0.1, 0.15) is 58.8 Å². The molecule has 1 amide bonds. The summed E-state index contributed by atoms with van der Waals surface area (Å²) < 4.78 is 0. The molecule has 3 saturated carbocycles. The van der Waals surface area contributed by atoms with Gasteiger partial charge >= 0.3 is 0 Å². The van der Waals surface area contributed by atoms with E-state index in [1.807, 2.05) is 12.1 Å². The minimum Gasteiger partial charge on any atom is -0.342 e. The number of piperidine rings is 1. The molecule has 7 atom stereocenters. The number of carbonyl (C=O) groups excluding carboxylic acids is 1. The van der Waals surface area contributed by atoms with Gasteiger partial charge in [0.1, 0.15) is 6.10 Å². The van der Waals surface area contributed by atoms with Gasteiger partial charge in [-0.25, -0.2) is 5.06 Å². The number of rotatable bonds is 2. The van der Waals surface area contributed by atoms with Crippen LogP contribution in [0.15, 0.2) is 35.9 Å². The Bertz CT molecular complexity index is 1050. The highest BCUT2D eigenvalue weighted by molar-refractivity contribution is 5.77. The van der Waals surface area contributed by atoms with Gasteiger partial charge in [-0.15, -0.1) is 0 Å². The van der Waals surface area contributed by atoms with Crippen LogP contribution in [0.3, 0.4) is 0 Å². The number of non-ortho nitro benzene ring substituents is 1. The molecule has 3 aliphatic carbocycles. The Hall–Kier alpha value is -2.41. The van der Waals surface area contributed by atoms with Gasteiger partial charge in [0.25, 0.3) is 5.69 Å². The zero-order valence-corrected chi connectivity index (χ0v) is 20.4. The van der Waals surface area contributed by atoms with Gasteiger partial charge < -0.3 is 4.90 Å². The first-order chi connectivity index (χ1) is 16.2. The molecule has 0 spiro atoms. The summed E-state index contributed by atoms with van der Waals surface area (Å²) >= 11 is 0. The highest BCUT2D eigenvalue weighted by Gasteiger charge is 2.62. The minimum atomic E-state index is -0.368. The molecule has 0 aromatic heterocycles. The Labute approximate surface area is 201 Å². The van der Waals surface area contributed by atoms with Gasteiger partial charge in [0.2, 0.25) is 5.91 Å². The summed E-state index contributed by atoms with van der Waals surface area (Å²) in [5.41, 5.74) is 2.84. The third kappa shape index (κ3) is 3.01. The Morgan fingerprint density at radius 2 is 1.85 bits per heavy atom. The van der Waals surface area contributed by atoms with E-state index >= 15 is 0 Å². The second-order valence-corrected chi connectivity index (χ2v) is 11.8. The molecule has 5 aliphatic rings. The summed E-state index contributed by atoms with van der Waals surface area (Å²) in [5.74, 6) is 2.29. The number of carbonyl (C=O) groups is 1. The molecule has 7 heteroatoms. The summed E-state index contributed by atoms with van der Waals surface area (Å²) in [6.07, 6.45) is 9.97. The van der Waals surface area contributed by atoms with E-state index in [2.05, 4.69) is 24.8 Å². The zero-order valence-electron chi connectivity index (χ0n) is 20.4. The third-order valence-corrected chi connectivity index (χ3v) is 10.5. The van der Waals surface area contributed by atoms with E-state index in [1.54, 1.807) is 24.3 Å². The monoisotopic (exact) mass is 465 g/mol. The maximum absolute atomic E-state index is 12.4. The van der Waals surface area contributed by atoms with Crippen molar-refractivity contribution in [1.82, 2.24) is 4.90 Å². The highest BCUT2D eigenvalue weighted by Crippen LogP contribution is 2.66. The summed E-state index contributed by atoms with van der Waals surface area (Å²) in [6, 6.07) is 7.03. The molecule has 182 valence electrons. The molecule has 2 heterocycles. The molecule has 6 rings (SSSR count). The molecule has 1 unspecified atom stereocenters. The molecule has 34 heavy (non-hydrogen) atoms. The second kappa shape index (κ2) is 7.54. The largest absolute Gasteiger partial charge is 0.342 e. The number of hydrogen-bond acceptors (Lipinski definition) is 5. The van der Waals surface area contributed by atoms with Crippen molar-refractivity contribution in [3.05, 3.63) is 46.0 Å². The standard InChI is InChI=1S/C27H35N3O4/c1-26-13-10-20-19(8-9-24-27(20,2)14-11-25(31)28(24)3)22(26)16-23-21(26)12-15-29(34-23)17-4-6-18(7-5-17)30(32)33/h4-7,12,19-20,22-24H,8-11,13-16H2,1-3H3/t19-,20+,22+,23-,24?,26-,27-/m1/s1. The van der Waals surface area contributed by atoms with E-state index in [1.165, 1.54) is 24.8 Å². The van der Waals surface area contributed by atoms with Crippen LogP contribution >= 0.6 is 0 Å². The van der Waals surface area contributed by atoms with Crippen LogP contribution in [-0.2, 0) is 9.63 Å². The number of benzene rings is 1. The lowest BCUT2D eigenvalue weighted by atomic mass is 9.47. The van der Waals surface area contributed by atoms with Crippen molar-refractivity contribution < 1.29 is 14.6 Å². The average Bonchev–Trinajstić information content (AvgIpc) is 3.14. The van der Waals surface area contributed by atoms with Gasteiger partial charge in [0.15, 0.2) is 0 Å². The zero-order chi connectivity index (χ0) is 23.8. The van der Waals surface area contributed by atoms with Crippen LogP contribution in [0.25, 0.3) is 0 Å². The van der Waals surface area contributed by atoms with E-state index in [-0.39, 0.29) is 27.5 Å². The first-order valence-electron chi connectivity index (χ1n) is 12.9. The molecular weight excluding hydrogens is 430 g/mol. The van der Waals surface area contributed by atoms with Crippen molar-refractivity contribution in [2.24, 2.45) is 28.6 Å². The molecular formula is C27H35N3O4. The molecule has 4 fully saturated rings. The highest BCUT2D eigenvalue weighted by atomic mass is 16.7. The lowest BCUT2D eigenvalue weighted by Gasteiger charge is -2.61. The number of fused-ring (bicyclic) bond motifs is 7. The maximum Gasteiger partial charge on any atom is 0.269 e. The van der Waals surface area contributed by atoms with E-state index in [9.17, 15) is 14.9 Å². The van der Waals surface area contributed by atoms with Gasteiger partial charge in [-0.1, -0.05) is 19.9 Å². The lowest BCUT2D eigenvalue weighted by Crippen LogP contribution is -2.61. The van der Waals surface area contributed by atoms with Crippen molar-refractivity contribution in [2.45, 2.75) is 70.9 Å². The number of hydrogen-bond donors (Lipinski definition) is 0. The Morgan fingerprint density at radius 1 is 1.09 bits per heavy atom. The van der Waals surface area contributed by atoms with Crippen LogP contribution in [0.4, 0.5) is 11.4 Å². The van der Waals surface area contributed by atoms with Gasteiger partial charge in [-0.05, 0) is 84.8 Å². The number of nitrogens with zero attached hydrogens (tertiary/aromatic N) is 3. The van der Waals surface area contributed by atoms with Crippen LogP contribution in [0, 0.1) is 38.7 Å². The summed E-state index contributed by atoms with van der Waals surface area (Å²) in [5, 5.41) is 12.9. The van der Waals surface area contributed by atoms with E-state index in [4.69, 9.17) is 4.84 Å². The fourth-order valence-corrected chi connectivity index (χ4v) is 8.74.